The number of oxime groups is 1. The van der Waals surface area contributed by atoms with Gasteiger partial charge in [0.25, 0.3) is 0 Å². The molecule has 0 unspecified atom stereocenters. The summed E-state index contributed by atoms with van der Waals surface area (Å²) < 4.78 is 0. The summed E-state index contributed by atoms with van der Waals surface area (Å²) in [6, 6.07) is 0. The summed E-state index contributed by atoms with van der Waals surface area (Å²) in [5.41, 5.74) is 5.61. The first-order chi connectivity index (χ1) is 7.63. The van der Waals surface area contributed by atoms with E-state index in [4.69, 9.17) is 10.9 Å². The normalized spacial score (nSPS) is 20.6. The van der Waals surface area contributed by atoms with E-state index in [2.05, 4.69) is 23.9 Å². The van der Waals surface area contributed by atoms with Crippen molar-refractivity contribution in [3.05, 3.63) is 0 Å². The Hall–Kier alpha value is -0.770. The third-order valence-corrected chi connectivity index (χ3v) is 3.38. The van der Waals surface area contributed by atoms with Crippen molar-refractivity contribution in [3.8, 4) is 0 Å². The zero-order chi connectivity index (χ0) is 12.0. The van der Waals surface area contributed by atoms with Gasteiger partial charge in [-0.1, -0.05) is 19.0 Å². The Labute approximate surface area is 98.5 Å². The van der Waals surface area contributed by atoms with Crippen molar-refractivity contribution in [1.29, 1.82) is 0 Å². The Morgan fingerprint density at radius 2 is 2.06 bits per heavy atom. The van der Waals surface area contributed by atoms with E-state index < -0.39 is 0 Å². The molecule has 94 valence electrons. The molecule has 1 heterocycles. The fourth-order valence-corrected chi connectivity index (χ4v) is 2.26. The summed E-state index contributed by atoms with van der Waals surface area (Å²) in [4.78, 5) is 2.49. The van der Waals surface area contributed by atoms with E-state index in [0.717, 1.165) is 31.8 Å². The Morgan fingerprint density at radius 3 is 2.56 bits per heavy atom. The molecular formula is C12H25N3O. The Kier molecular flexibility index (Phi) is 5.60. The van der Waals surface area contributed by atoms with Crippen LogP contribution < -0.4 is 5.73 Å². The Morgan fingerprint density at radius 1 is 1.44 bits per heavy atom. The van der Waals surface area contributed by atoms with Gasteiger partial charge in [0.1, 0.15) is 5.84 Å². The lowest BCUT2D eigenvalue weighted by Crippen LogP contribution is -2.39. The van der Waals surface area contributed by atoms with Crippen LogP contribution >= 0.6 is 0 Å². The maximum Gasteiger partial charge on any atom is 0.142 e. The summed E-state index contributed by atoms with van der Waals surface area (Å²) in [5, 5.41) is 11.7. The van der Waals surface area contributed by atoms with E-state index in [-0.39, 0.29) is 5.92 Å². The van der Waals surface area contributed by atoms with Crippen LogP contribution in [-0.2, 0) is 0 Å². The molecule has 4 heteroatoms. The molecule has 3 N–H and O–H groups in total. The van der Waals surface area contributed by atoms with Crippen molar-refractivity contribution >= 4 is 5.84 Å². The van der Waals surface area contributed by atoms with E-state index in [9.17, 15) is 0 Å². The van der Waals surface area contributed by atoms with Gasteiger partial charge in [-0.25, -0.2) is 0 Å². The first-order valence-corrected chi connectivity index (χ1v) is 6.33. The fourth-order valence-electron chi connectivity index (χ4n) is 2.26. The van der Waals surface area contributed by atoms with E-state index in [0.29, 0.717) is 5.84 Å². The molecule has 0 aromatic rings. The van der Waals surface area contributed by atoms with Gasteiger partial charge in [0.2, 0.25) is 0 Å². The molecule has 0 radical (unpaired) electrons. The van der Waals surface area contributed by atoms with Gasteiger partial charge in [-0.2, -0.15) is 0 Å². The van der Waals surface area contributed by atoms with Gasteiger partial charge < -0.3 is 15.8 Å². The van der Waals surface area contributed by atoms with E-state index in [1.165, 1.54) is 19.4 Å². The molecule has 0 aliphatic carbocycles. The maximum absolute atomic E-state index is 8.60. The molecule has 0 saturated carbocycles. The van der Waals surface area contributed by atoms with Crippen molar-refractivity contribution in [1.82, 2.24) is 4.90 Å². The van der Waals surface area contributed by atoms with Crippen molar-refractivity contribution in [3.63, 3.8) is 0 Å². The van der Waals surface area contributed by atoms with Gasteiger partial charge >= 0.3 is 0 Å². The van der Waals surface area contributed by atoms with E-state index in [1.54, 1.807) is 0 Å². The summed E-state index contributed by atoms with van der Waals surface area (Å²) in [6.45, 7) is 7.90. The van der Waals surface area contributed by atoms with Crippen molar-refractivity contribution in [2.75, 3.05) is 19.6 Å². The van der Waals surface area contributed by atoms with Crippen LogP contribution in [0.4, 0.5) is 0 Å². The maximum atomic E-state index is 8.60. The summed E-state index contributed by atoms with van der Waals surface area (Å²) in [6.07, 6.45) is 4.64. The van der Waals surface area contributed by atoms with Gasteiger partial charge in [0.15, 0.2) is 0 Å². The van der Waals surface area contributed by atoms with Crippen LogP contribution in [0, 0.1) is 11.8 Å². The van der Waals surface area contributed by atoms with Gasteiger partial charge in [0.05, 0.1) is 0 Å². The van der Waals surface area contributed by atoms with Gasteiger partial charge in [-0.15, -0.1) is 0 Å². The van der Waals surface area contributed by atoms with Crippen LogP contribution in [0.2, 0.25) is 0 Å². The Bertz CT molecular complexity index is 220. The topological polar surface area (TPSA) is 61.8 Å². The number of piperidine rings is 1. The lowest BCUT2D eigenvalue weighted by atomic mass is 9.95. The SMILES string of the molecule is CC(C)CCCN1CCC(C(N)=NO)CC1. The van der Waals surface area contributed by atoms with Crippen LogP contribution in [0.5, 0.6) is 0 Å². The van der Waals surface area contributed by atoms with E-state index in [1.807, 2.05) is 0 Å². The highest BCUT2D eigenvalue weighted by Crippen LogP contribution is 2.18. The monoisotopic (exact) mass is 227 g/mol. The summed E-state index contributed by atoms with van der Waals surface area (Å²) in [7, 11) is 0. The second kappa shape index (κ2) is 6.74. The van der Waals surface area contributed by atoms with Crippen LogP contribution in [-0.4, -0.2) is 35.6 Å². The highest BCUT2D eigenvalue weighted by Gasteiger charge is 2.21. The molecule has 16 heavy (non-hydrogen) atoms. The minimum atomic E-state index is 0.284. The highest BCUT2D eigenvalue weighted by molar-refractivity contribution is 5.82. The molecule has 1 rings (SSSR count). The molecular weight excluding hydrogens is 202 g/mol. The fraction of sp³-hybridized carbons (Fsp3) is 0.917. The third kappa shape index (κ3) is 4.39. The van der Waals surface area contributed by atoms with Gasteiger partial charge in [-0.05, 0) is 51.2 Å². The summed E-state index contributed by atoms with van der Waals surface area (Å²) >= 11 is 0. The van der Waals surface area contributed by atoms with Crippen LogP contribution in [0.25, 0.3) is 0 Å². The molecule has 1 saturated heterocycles. The number of likely N-dealkylation sites (tertiary alicyclic amines) is 1. The van der Waals surface area contributed by atoms with Crippen molar-refractivity contribution in [2.24, 2.45) is 22.7 Å². The lowest BCUT2D eigenvalue weighted by Gasteiger charge is -2.31. The number of nitrogens with zero attached hydrogens (tertiary/aromatic N) is 2. The molecule has 0 bridgehead atoms. The molecule has 1 fully saturated rings. The zero-order valence-electron chi connectivity index (χ0n) is 10.5. The number of nitrogens with two attached hydrogens (primary N) is 1. The number of hydrogen-bond donors (Lipinski definition) is 2. The second-order valence-corrected chi connectivity index (χ2v) is 5.18. The highest BCUT2D eigenvalue weighted by atomic mass is 16.4. The largest absolute Gasteiger partial charge is 0.409 e. The molecule has 4 nitrogen and oxygen atoms in total. The van der Waals surface area contributed by atoms with Crippen molar-refractivity contribution < 1.29 is 5.21 Å². The minimum absolute atomic E-state index is 0.284. The zero-order valence-corrected chi connectivity index (χ0v) is 10.5. The number of amidine groups is 1. The smallest absolute Gasteiger partial charge is 0.142 e. The molecule has 0 amide bonds. The van der Waals surface area contributed by atoms with Crippen LogP contribution in [0.15, 0.2) is 5.16 Å². The average molecular weight is 227 g/mol. The molecule has 0 aromatic carbocycles. The summed E-state index contributed by atoms with van der Waals surface area (Å²) in [5.74, 6) is 1.49. The minimum Gasteiger partial charge on any atom is -0.409 e. The molecule has 0 spiro atoms. The number of rotatable bonds is 5. The number of hydrogen-bond acceptors (Lipinski definition) is 3. The molecule has 1 aliphatic heterocycles. The van der Waals surface area contributed by atoms with Crippen LogP contribution in [0.1, 0.15) is 39.5 Å². The molecule has 0 atom stereocenters. The van der Waals surface area contributed by atoms with Gasteiger partial charge in [-0.3, -0.25) is 0 Å². The molecule has 1 aliphatic rings. The molecule has 0 aromatic heterocycles. The van der Waals surface area contributed by atoms with Crippen molar-refractivity contribution in [2.45, 2.75) is 39.5 Å². The third-order valence-electron chi connectivity index (χ3n) is 3.38. The lowest BCUT2D eigenvalue weighted by molar-refractivity contribution is 0.200. The first-order valence-electron chi connectivity index (χ1n) is 6.33. The standard InChI is InChI=1S/C12H25N3O/c1-10(2)4-3-7-15-8-5-11(6-9-15)12(13)14-16/h10-11,16H,3-9H2,1-2H3,(H2,13,14). The van der Waals surface area contributed by atoms with Gasteiger partial charge in [0, 0.05) is 5.92 Å². The average Bonchev–Trinajstić information content (AvgIpc) is 2.28. The first kappa shape index (κ1) is 13.3. The second-order valence-electron chi connectivity index (χ2n) is 5.18. The predicted molar refractivity (Wildman–Crippen MR) is 66.6 cm³/mol. The van der Waals surface area contributed by atoms with E-state index >= 15 is 0 Å². The Balaban J connectivity index is 2.17. The predicted octanol–water partition coefficient (Wildman–Crippen LogP) is 1.88. The quantitative estimate of drug-likeness (QED) is 0.326. The van der Waals surface area contributed by atoms with Crippen LogP contribution in [0.3, 0.4) is 0 Å².